The Morgan fingerprint density at radius 2 is 1.88 bits per heavy atom. The first-order valence-electron chi connectivity index (χ1n) is 6.51. The van der Waals surface area contributed by atoms with Gasteiger partial charge >= 0.3 is 5.97 Å². The van der Waals surface area contributed by atoms with Crippen molar-refractivity contribution in [2.24, 2.45) is 16.7 Å². The summed E-state index contributed by atoms with van der Waals surface area (Å²) in [5.74, 6) is 0.134. The van der Waals surface area contributed by atoms with Crippen molar-refractivity contribution >= 4 is 5.97 Å². The fraction of sp³-hybridized carbons (Fsp3) is 0.929. The van der Waals surface area contributed by atoms with Gasteiger partial charge in [-0.3, -0.25) is 4.79 Å². The van der Waals surface area contributed by atoms with E-state index in [1.54, 1.807) is 0 Å². The first kappa shape index (κ1) is 13.5. The van der Waals surface area contributed by atoms with E-state index in [0.29, 0.717) is 11.8 Å². The van der Waals surface area contributed by atoms with Crippen molar-refractivity contribution in [1.29, 1.82) is 0 Å². The molecular weight excluding hydrogens is 200 g/mol. The third-order valence-electron chi connectivity index (χ3n) is 4.79. The van der Waals surface area contributed by atoms with Crippen molar-refractivity contribution in [3.05, 3.63) is 0 Å². The van der Waals surface area contributed by atoms with Crippen molar-refractivity contribution < 1.29 is 9.90 Å². The van der Waals surface area contributed by atoms with Crippen molar-refractivity contribution in [3.8, 4) is 0 Å². The summed E-state index contributed by atoms with van der Waals surface area (Å²) in [5.41, 5.74) is 0.469. The predicted molar refractivity (Wildman–Crippen MR) is 66.4 cm³/mol. The minimum absolute atomic E-state index is 0.0478. The lowest BCUT2D eigenvalue weighted by atomic mass is 9.62. The summed E-state index contributed by atoms with van der Waals surface area (Å²) >= 11 is 0. The van der Waals surface area contributed by atoms with Gasteiger partial charge in [-0.25, -0.2) is 0 Å². The Hall–Kier alpha value is -0.530. The van der Waals surface area contributed by atoms with Crippen molar-refractivity contribution in [2.45, 2.75) is 66.2 Å². The molecule has 0 aromatic heterocycles. The van der Waals surface area contributed by atoms with Crippen LogP contribution >= 0.6 is 0 Å². The number of carboxylic acids is 1. The van der Waals surface area contributed by atoms with E-state index in [1.807, 2.05) is 0 Å². The highest BCUT2D eigenvalue weighted by Gasteiger charge is 2.37. The molecule has 94 valence electrons. The van der Waals surface area contributed by atoms with Crippen LogP contribution in [0.1, 0.15) is 66.2 Å². The van der Waals surface area contributed by atoms with Gasteiger partial charge in [0.2, 0.25) is 0 Å². The van der Waals surface area contributed by atoms with Gasteiger partial charge in [0.25, 0.3) is 0 Å². The summed E-state index contributed by atoms with van der Waals surface area (Å²) in [6, 6.07) is 0. The number of carbonyl (C=O) groups is 1. The molecule has 0 spiro atoms. The molecule has 2 heteroatoms. The molecule has 1 fully saturated rings. The average Bonchev–Trinajstić information content (AvgIpc) is 2.16. The highest BCUT2D eigenvalue weighted by molar-refractivity contribution is 5.67. The second kappa shape index (κ2) is 4.77. The molecule has 1 aliphatic carbocycles. The van der Waals surface area contributed by atoms with E-state index in [2.05, 4.69) is 27.7 Å². The molecule has 1 rings (SSSR count). The van der Waals surface area contributed by atoms with Crippen LogP contribution in [-0.4, -0.2) is 11.1 Å². The molecular formula is C14H26O2. The fourth-order valence-electron chi connectivity index (χ4n) is 2.93. The lowest BCUT2D eigenvalue weighted by Crippen LogP contribution is -2.33. The highest BCUT2D eigenvalue weighted by atomic mass is 16.4. The Balaban J connectivity index is 2.54. The van der Waals surface area contributed by atoms with E-state index >= 15 is 0 Å². The summed E-state index contributed by atoms with van der Waals surface area (Å²) < 4.78 is 0. The van der Waals surface area contributed by atoms with Gasteiger partial charge in [0.05, 0.1) is 6.42 Å². The Bertz CT molecular complexity index is 247. The van der Waals surface area contributed by atoms with Gasteiger partial charge in [-0.1, -0.05) is 34.1 Å². The number of carboxylic acid groups (broad SMARTS) is 1. The molecule has 0 aliphatic heterocycles. The molecule has 2 nitrogen and oxygen atoms in total. The quantitative estimate of drug-likeness (QED) is 0.783. The zero-order valence-corrected chi connectivity index (χ0v) is 11.2. The van der Waals surface area contributed by atoms with E-state index in [-0.39, 0.29) is 5.41 Å². The van der Waals surface area contributed by atoms with Crippen LogP contribution in [0.25, 0.3) is 0 Å². The second-order valence-corrected chi connectivity index (χ2v) is 6.50. The lowest BCUT2D eigenvalue weighted by molar-refractivity contribution is -0.140. The normalized spacial score (nSPS) is 31.4. The predicted octanol–water partition coefficient (Wildman–Crippen LogP) is 4.09. The molecule has 0 saturated heterocycles. The molecule has 0 atom stereocenters. The fourth-order valence-corrected chi connectivity index (χ4v) is 2.93. The number of aliphatic carboxylic acids is 1. The Labute approximate surface area is 99.4 Å². The maximum Gasteiger partial charge on any atom is 0.303 e. The van der Waals surface area contributed by atoms with Gasteiger partial charge in [0, 0.05) is 0 Å². The second-order valence-electron chi connectivity index (χ2n) is 6.50. The molecule has 16 heavy (non-hydrogen) atoms. The minimum Gasteiger partial charge on any atom is -0.481 e. The molecule has 0 unspecified atom stereocenters. The lowest BCUT2D eigenvalue weighted by Gasteiger charge is -2.43. The van der Waals surface area contributed by atoms with Gasteiger partial charge < -0.3 is 5.11 Å². The van der Waals surface area contributed by atoms with Crippen LogP contribution in [0.3, 0.4) is 0 Å². The van der Waals surface area contributed by atoms with Crippen LogP contribution in [0.2, 0.25) is 0 Å². The molecule has 1 N–H and O–H groups in total. The first-order chi connectivity index (χ1) is 7.29. The van der Waals surface area contributed by atoms with Crippen molar-refractivity contribution in [1.82, 2.24) is 0 Å². The van der Waals surface area contributed by atoms with Crippen LogP contribution < -0.4 is 0 Å². The summed E-state index contributed by atoms with van der Waals surface area (Å²) in [7, 11) is 0. The van der Waals surface area contributed by atoms with E-state index in [9.17, 15) is 4.79 Å². The number of hydrogen-bond donors (Lipinski definition) is 1. The monoisotopic (exact) mass is 226 g/mol. The summed E-state index contributed by atoms with van der Waals surface area (Å²) in [5, 5.41) is 8.90. The van der Waals surface area contributed by atoms with Crippen LogP contribution in [0.4, 0.5) is 0 Å². The van der Waals surface area contributed by atoms with Gasteiger partial charge in [0.15, 0.2) is 0 Å². The Kier molecular flexibility index (Phi) is 4.03. The largest absolute Gasteiger partial charge is 0.481 e. The van der Waals surface area contributed by atoms with Crippen molar-refractivity contribution in [3.63, 3.8) is 0 Å². The van der Waals surface area contributed by atoms with Crippen LogP contribution in [0.5, 0.6) is 0 Å². The zero-order chi connectivity index (χ0) is 12.4. The molecule has 0 heterocycles. The molecule has 0 radical (unpaired) electrons. The van der Waals surface area contributed by atoms with E-state index in [0.717, 1.165) is 18.8 Å². The van der Waals surface area contributed by atoms with Crippen LogP contribution in [-0.2, 0) is 4.79 Å². The van der Waals surface area contributed by atoms with Gasteiger partial charge in [-0.15, -0.1) is 0 Å². The maximum atomic E-state index is 10.8. The molecule has 0 amide bonds. The molecule has 0 aromatic rings. The van der Waals surface area contributed by atoms with E-state index in [1.165, 1.54) is 19.3 Å². The van der Waals surface area contributed by atoms with Crippen molar-refractivity contribution in [2.75, 3.05) is 0 Å². The molecule has 1 aliphatic rings. The number of rotatable bonds is 4. The third-order valence-corrected chi connectivity index (χ3v) is 4.79. The van der Waals surface area contributed by atoms with E-state index in [4.69, 9.17) is 5.11 Å². The molecule has 0 aromatic carbocycles. The molecule has 1 saturated carbocycles. The standard InChI is InChI=1S/C14H26O2/c1-5-13(2,3)11-6-8-14(4,9-7-11)10-12(15)16/h11H,5-10H2,1-4H3,(H,15,16). The Morgan fingerprint density at radius 3 is 2.25 bits per heavy atom. The van der Waals surface area contributed by atoms with E-state index < -0.39 is 5.97 Å². The summed E-state index contributed by atoms with van der Waals surface area (Å²) in [4.78, 5) is 10.8. The summed E-state index contributed by atoms with van der Waals surface area (Å²) in [6.45, 7) is 9.08. The first-order valence-corrected chi connectivity index (χ1v) is 6.51. The molecule has 0 bridgehead atoms. The van der Waals surface area contributed by atoms with Crippen LogP contribution in [0, 0.1) is 16.7 Å². The van der Waals surface area contributed by atoms with Gasteiger partial charge in [0.1, 0.15) is 0 Å². The van der Waals surface area contributed by atoms with Crippen LogP contribution in [0.15, 0.2) is 0 Å². The smallest absolute Gasteiger partial charge is 0.303 e. The summed E-state index contributed by atoms with van der Waals surface area (Å²) in [6.07, 6.45) is 6.11. The average molecular weight is 226 g/mol. The Morgan fingerprint density at radius 1 is 1.38 bits per heavy atom. The zero-order valence-electron chi connectivity index (χ0n) is 11.2. The maximum absolute atomic E-state index is 10.8. The third kappa shape index (κ3) is 3.23. The SMILES string of the molecule is CCC(C)(C)C1CCC(C)(CC(=O)O)CC1. The number of hydrogen-bond acceptors (Lipinski definition) is 1. The topological polar surface area (TPSA) is 37.3 Å². The van der Waals surface area contributed by atoms with Gasteiger partial charge in [-0.2, -0.15) is 0 Å². The highest BCUT2D eigenvalue weighted by Crippen LogP contribution is 2.47. The van der Waals surface area contributed by atoms with Gasteiger partial charge in [-0.05, 0) is 42.4 Å². The minimum atomic E-state index is -0.643.